The van der Waals surface area contributed by atoms with Gasteiger partial charge in [-0.1, -0.05) is 0 Å². The van der Waals surface area contributed by atoms with Crippen molar-refractivity contribution in [2.45, 2.75) is 42.8 Å². The number of anilines is 1. The number of nitrogen functional groups attached to an aromatic ring is 1. The quantitative estimate of drug-likeness (QED) is 0.344. The van der Waals surface area contributed by atoms with Crippen LogP contribution in [0.2, 0.25) is 0 Å². The predicted molar refractivity (Wildman–Crippen MR) is 88.9 cm³/mol. The monoisotopic (exact) mass is 375 g/mol. The lowest BCUT2D eigenvalue weighted by atomic mass is 10.1. The van der Waals surface area contributed by atoms with Crippen molar-refractivity contribution in [3.8, 4) is 0 Å². The van der Waals surface area contributed by atoms with Crippen molar-refractivity contribution in [1.29, 1.82) is 0 Å². The van der Waals surface area contributed by atoms with E-state index < -0.39 is 34.7 Å². The first-order valence-electron chi connectivity index (χ1n) is 7.57. The zero-order valence-corrected chi connectivity index (χ0v) is 14.6. The van der Waals surface area contributed by atoms with Gasteiger partial charge >= 0.3 is 11.8 Å². The smallest absolute Gasteiger partial charge is 0.432 e. The van der Waals surface area contributed by atoms with E-state index in [9.17, 15) is 19.8 Å². The second-order valence-electron chi connectivity index (χ2n) is 5.64. The second-order valence-corrected chi connectivity index (χ2v) is 7.00. The fourth-order valence-electron chi connectivity index (χ4n) is 2.20. The molecule has 1 aliphatic rings. The van der Waals surface area contributed by atoms with E-state index in [0.717, 1.165) is 11.8 Å². The van der Waals surface area contributed by atoms with Gasteiger partial charge in [0.1, 0.15) is 17.3 Å². The van der Waals surface area contributed by atoms with E-state index in [2.05, 4.69) is 4.98 Å². The number of nitrogens with two attached hydrogens (primary N) is 1. The minimum absolute atomic E-state index is 0.00546. The van der Waals surface area contributed by atoms with Crippen molar-refractivity contribution >= 4 is 23.7 Å². The fraction of sp³-hybridized carbons (Fsp3) is 0.643. The number of aromatic nitrogens is 2. The van der Waals surface area contributed by atoms with Crippen LogP contribution < -0.4 is 11.4 Å². The van der Waals surface area contributed by atoms with Crippen molar-refractivity contribution in [3.63, 3.8) is 0 Å². The molecule has 1 fully saturated rings. The number of aliphatic hydroxyl groups excluding tert-OH is 2. The number of carbonyl (C=O) groups excluding carboxylic acids is 1. The zero-order chi connectivity index (χ0) is 18.6. The third kappa shape index (κ3) is 5.08. The summed E-state index contributed by atoms with van der Waals surface area (Å²) in [6.07, 6.45) is -2.06. The average Bonchev–Trinajstić information content (AvgIpc) is 2.79. The van der Waals surface area contributed by atoms with E-state index >= 15 is 0 Å². The second kappa shape index (κ2) is 8.52. The number of hydrogen-bond acceptors (Lipinski definition) is 10. The molecule has 2 rings (SSSR count). The molecule has 25 heavy (non-hydrogen) atoms. The van der Waals surface area contributed by atoms with Gasteiger partial charge in [0.05, 0.1) is 24.1 Å². The Balaban J connectivity index is 1.87. The molecule has 0 spiro atoms. The molecule has 2 heterocycles. The van der Waals surface area contributed by atoms with Gasteiger partial charge in [-0.15, -0.1) is 11.8 Å². The minimum Gasteiger partial charge on any atom is -0.432 e. The highest BCUT2D eigenvalue weighted by molar-refractivity contribution is 8.00. The summed E-state index contributed by atoms with van der Waals surface area (Å²) in [5.74, 6) is 0.0737. The van der Waals surface area contributed by atoms with E-state index in [0.29, 0.717) is 0 Å². The van der Waals surface area contributed by atoms with Gasteiger partial charge in [0.2, 0.25) is 0 Å². The molecule has 0 amide bonds. The molecule has 0 radical (unpaired) electrons. The first kappa shape index (κ1) is 19.5. The van der Waals surface area contributed by atoms with Gasteiger partial charge < -0.3 is 30.2 Å². The number of carbonyl (C=O) groups is 1. The number of aliphatic hydroxyl groups is 2. The average molecular weight is 375 g/mol. The Bertz CT molecular complexity index is 654. The molecule has 0 aliphatic carbocycles. The summed E-state index contributed by atoms with van der Waals surface area (Å²) in [6.45, 7) is 3.03. The molecule has 10 nitrogen and oxygen atoms in total. The molecule has 2 unspecified atom stereocenters. The predicted octanol–water partition coefficient (Wildman–Crippen LogP) is -0.303. The highest BCUT2D eigenvalue weighted by Gasteiger charge is 2.43. The van der Waals surface area contributed by atoms with E-state index in [1.807, 2.05) is 0 Å². The van der Waals surface area contributed by atoms with Gasteiger partial charge in [0.15, 0.2) is 6.79 Å². The lowest BCUT2D eigenvalue weighted by Gasteiger charge is -2.17. The molecule has 4 N–H and O–H groups in total. The van der Waals surface area contributed by atoms with Crippen molar-refractivity contribution in [2.75, 3.05) is 19.1 Å². The maximum atomic E-state index is 11.9. The summed E-state index contributed by atoms with van der Waals surface area (Å²) < 4.78 is 15.9. The van der Waals surface area contributed by atoms with Crippen molar-refractivity contribution in [2.24, 2.45) is 0 Å². The van der Waals surface area contributed by atoms with Crippen molar-refractivity contribution in [3.05, 3.63) is 22.7 Å². The maximum absolute atomic E-state index is 11.9. The van der Waals surface area contributed by atoms with Crippen LogP contribution in [-0.4, -0.2) is 62.9 Å². The Morgan fingerprint density at radius 1 is 1.44 bits per heavy atom. The molecular formula is C14H21N3O7S. The summed E-state index contributed by atoms with van der Waals surface area (Å²) in [6, 6.07) is 1.43. The Morgan fingerprint density at radius 3 is 2.80 bits per heavy atom. The molecule has 0 bridgehead atoms. The van der Waals surface area contributed by atoms with Gasteiger partial charge in [-0.05, 0) is 19.9 Å². The molecule has 1 saturated heterocycles. The Morgan fingerprint density at radius 2 is 2.16 bits per heavy atom. The minimum atomic E-state index is -1.19. The number of nitrogens with zero attached hydrogens (tertiary/aromatic N) is 2. The molecule has 11 heteroatoms. The molecule has 1 aromatic heterocycles. The number of ether oxygens (including phenoxy) is 3. The number of thioether (sulfide) groups is 1. The highest BCUT2D eigenvalue weighted by Crippen LogP contribution is 2.41. The van der Waals surface area contributed by atoms with Gasteiger partial charge in [-0.25, -0.2) is 9.59 Å². The largest absolute Gasteiger partial charge is 0.510 e. The Labute approximate surface area is 147 Å². The van der Waals surface area contributed by atoms with Crippen LogP contribution in [0, 0.1) is 0 Å². The van der Waals surface area contributed by atoms with Crippen LogP contribution >= 0.6 is 11.8 Å². The summed E-state index contributed by atoms with van der Waals surface area (Å²) in [5, 5.41) is 19.0. The van der Waals surface area contributed by atoms with E-state index in [1.54, 1.807) is 13.8 Å². The molecule has 4 atom stereocenters. The van der Waals surface area contributed by atoms with Gasteiger partial charge in [-0.2, -0.15) is 4.98 Å². The van der Waals surface area contributed by atoms with E-state index in [-0.39, 0.29) is 25.3 Å². The van der Waals surface area contributed by atoms with Crippen molar-refractivity contribution < 1.29 is 29.2 Å². The summed E-state index contributed by atoms with van der Waals surface area (Å²) >= 11 is 1.15. The van der Waals surface area contributed by atoms with Crippen LogP contribution in [0.1, 0.15) is 19.2 Å². The lowest BCUT2D eigenvalue weighted by molar-refractivity contribution is -0.0614. The van der Waals surface area contributed by atoms with Crippen LogP contribution in [-0.2, 0) is 14.2 Å². The lowest BCUT2D eigenvalue weighted by Crippen LogP contribution is -2.36. The van der Waals surface area contributed by atoms with Crippen LogP contribution in [0.15, 0.2) is 17.1 Å². The highest BCUT2D eigenvalue weighted by atomic mass is 32.2. The first-order valence-corrected chi connectivity index (χ1v) is 8.51. The summed E-state index contributed by atoms with van der Waals surface area (Å²) in [7, 11) is 0. The van der Waals surface area contributed by atoms with Crippen LogP contribution in [0.25, 0.3) is 0 Å². The zero-order valence-electron chi connectivity index (χ0n) is 13.8. The van der Waals surface area contributed by atoms with E-state index in [1.165, 1.54) is 16.8 Å². The number of hydrogen-bond donors (Lipinski definition) is 3. The Kier molecular flexibility index (Phi) is 6.64. The molecule has 0 saturated carbocycles. The summed E-state index contributed by atoms with van der Waals surface area (Å²) in [5.41, 5.74) is 4.82. The standard InChI is InChI=1S/C14H21N3O7S/c1-7(2)24-14(21)23-6-22-5-8-10(18)11(19)12(25-8)17-4-3-9(15)16-13(17)20/h3-4,7-8,10-12,18-19H,5-6H2,1-2H3,(H2,15,16,20)/t8-,10?,11?,12-/m1/s1. The molecule has 1 aliphatic heterocycles. The van der Waals surface area contributed by atoms with E-state index in [4.69, 9.17) is 19.9 Å². The van der Waals surface area contributed by atoms with Crippen LogP contribution in [0.4, 0.5) is 10.6 Å². The maximum Gasteiger partial charge on any atom is 0.510 e. The number of rotatable bonds is 6. The molecule has 140 valence electrons. The molecule has 0 aromatic carbocycles. The van der Waals surface area contributed by atoms with Gasteiger partial charge in [0.25, 0.3) is 0 Å². The third-order valence-corrected chi connectivity index (χ3v) is 4.89. The first-order chi connectivity index (χ1) is 11.8. The fourth-order valence-corrected chi connectivity index (χ4v) is 3.67. The summed E-state index contributed by atoms with van der Waals surface area (Å²) in [4.78, 5) is 26.7. The van der Waals surface area contributed by atoms with Crippen molar-refractivity contribution in [1.82, 2.24) is 9.55 Å². The normalized spacial score (nSPS) is 26.0. The van der Waals surface area contributed by atoms with Crippen LogP contribution in [0.3, 0.4) is 0 Å². The molecule has 1 aromatic rings. The SMILES string of the molecule is CC(C)OC(=O)OCOC[C@H]1S[C@@H](n2ccc(N)nc2=O)C(O)C1O. The topological polar surface area (TPSA) is 146 Å². The Hall–Kier alpha value is -1.82. The van der Waals surface area contributed by atoms with Gasteiger partial charge in [-0.3, -0.25) is 4.57 Å². The molecular weight excluding hydrogens is 354 g/mol. The third-order valence-electron chi connectivity index (χ3n) is 3.34. The van der Waals surface area contributed by atoms with Gasteiger partial charge in [0, 0.05) is 6.20 Å². The van der Waals surface area contributed by atoms with Crippen LogP contribution in [0.5, 0.6) is 0 Å².